The Kier molecular flexibility index (Phi) is 4.18. The average Bonchev–Trinajstić information content (AvgIpc) is 3.16. The summed E-state index contributed by atoms with van der Waals surface area (Å²) in [5.41, 5.74) is 1.40. The highest BCUT2D eigenvalue weighted by molar-refractivity contribution is 7.92. The van der Waals surface area contributed by atoms with E-state index in [1.807, 2.05) is 60.8 Å². The van der Waals surface area contributed by atoms with Crippen molar-refractivity contribution in [2.24, 2.45) is 0 Å². The highest BCUT2D eigenvalue weighted by Gasteiger charge is 2.16. The Labute approximate surface area is 152 Å². The van der Waals surface area contributed by atoms with Crippen molar-refractivity contribution in [3.63, 3.8) is 0 Å². The molecule has 0 atom stereocenters. The van der Waals surface area contributed by atoms with Crippen molar-refractivity contribution < 1.29 is 8.42 Å². The summed E-state index contributed by atoms with van der Waals surface area (Å²) in [6.45, 7) is 0.489. The molecule has 0 fully saturated rings. The van der Waals surface area contributed by atoms with E-state index in [0.717, 1.165) is 16.3 Å². The minimum Gasteiger partial charge on any atom is -0.279 e. The monoisotopic (exact) mass is 363 g/mol. The summed E-state index contributed by atoms with van der Waals surface area (Å²) in [7, 11) is -3.69. The molecular weight excluding hydrogens is 346 g/mol. The number of fused-ring (bicyclic) bond motifs is 1. The van der Waals surface area contributed by atoms with Crippen LogP contribution in [0.4, 0.5) is 5.69 Å². The number of rotatable bonds is 5. The first-order valence-corrected chi connectivity index (χ1v) is 9.67. The molecule has 0 amide bonds. The summed E-state index contributed by atoms with van der Waals surface area (Å²) in [6, 6.07) is 22.0. The van der Waals surface area contributed by atoms with Gasteiger partial charge in [-0.2, -0.15) is 5.10 Å². The van der Waals surface area contributed by atoms with Crippen LogP contribution in [0, 0.1) is 0 Å². The number of nitrogens with one attached hydrogen (secondary N) is 1. The average molecular weight is 363 g/mol. The smallest absolute Gasteiger partial charge is 0.261 e. The van der Waals surface area contributed by atoms with Gasteiger partial charge in [-0.15, -0.1) is 0 Å². The quantitative estimate of drug-likeness (QED) is 0.585. The lowest BCUT2D eigenvalue weighted by Gasteiger charge is -2.13. The maximum Gasteiger partial charge on any atom is 0.261 e. The van der Waals surface area contributed by atoms with Crippen LogP contribution in [0.3, 0.4) is 0 Å². The molecule has 0 unspecified atom stereocenters. The van der Waals surface area contributed by atoms with Crippen LogP contribution in [-0.4, -0.2) is 18.2 Å². The second kappa shape index (κ2) is 6.65. The first-order chi connectivity index (χ1) is 12.6. The summed E-state index contributed by atoms with van der Waals surface area (Å²) < 4.78 is 30.2. The fourth-order valence-corrected chi connectivity index (χ4v) is 4.00. The number of nitrogens with zero attached hydrogens (tertiary/aromatic N) is 2. The maximum absolute atomic E-state index is 12.9. The van der Waals surface area contributed by atoms with Crippen molar-refractivity contribution in [2.75, 3.05) is 4.72 Å². The van der Waals surface area contributed by atoms with E-state index < -0.39 is 10.0 Å². The molecule has 4 aromatic rings. The summed E-state index contributed by atoms with van der Waals surface area (Å²) in [5.74, 6) is 0. The topological polar surface area (TPSA) is 64.0 Å². The lowest BCUT2D eigenvalue weighted by molar-refractivity contribution is 0.601. The first kappa shape index (κ1) is 16.4. The van der Waals surface area contributed by atoms with Crippen LogP contribution in [0.5, 0.6) is 0 Å². The number of aromatic nitrogens is 2. The molecule has 6 heteroatoms. The Morgan fingerprint density at radius 1 is 0.885 bits per heavy atom. The fraction of sp³-hybridized carbons (Fsp3) is 0.0500. The molecule has 1 N–H and O–H groups in total. The van der Waals surface area contributed by atoms with Gasteiger partial charge in [0.15, 0.2) is 0 Å². The maximum atomic E-state index is 12.9. The SMILES string of the molecule is O=S(=O)(Nc1ccccc1Cn1cccn1)c1ccc2ccccc2c1. The van der Waals surface area contributed by atoms with E-state index in [4.69, 9.17) is 0 Å². The van der Waals surface area contributed by atoms with Gasteiger partial charge in [0, 0.05) is 12.4 Å². The van der Waals surface area contributed by atoms with Gasteiger partial charge in [0.05, 0.1) is 17.1 Å². The van der Waals surface area contributed by atoms with E-state index >= 15 is 0 Å². The third-order valence-electron chi connectivity index (χ3n) is 4.18. The summed E-state index contributed by atoms with van der Waals surface area (Å²) in [5, 5.41) is 6.08. The Balaban J connectivity index is 1.67. The third kappa shape index (κ3) is 3.32. The van der Waals surface area contributed by atoms with Crippen molar-refractivity contribution >= 4 is 26.5 Å². The predicted molar refractivity (Wildman–Crippen MR) is 103 cm³/mol. The molecular formula is C20H17N3O2S. The number of anilines is 1. The molecule has 0 bridgehead atoms. The lowest BCUT2D eigenvalue weighted by atomic mass is 10.1. The van der Waals surface area contributed by atoms with Gasteiger partial charge in [-0.3, -0.25) is 9.40 Å². The molecule has 0 spiro atoms. The number of sulfonamides is 1. The number of para-hydroxylation sites is 1. The second-order valence-corrected chi connectivity index (χ2v) is 7.66. The van der Waals surface area contributed by atoms with Gasteiger partial charge in [-0.25, -0.2) is 8.42 Å². The molecule has 1 aromatic heterocycles. The van der Waals surface area contributed by atoms with Crippen LogP contribution >= 0.6 is 0 Å². The lowest BCUT2D eigenvalue weighted by Crippen LogP contribution is -2.15. The van der Waals surface area contributed by atoms with E-state index in [9.17, 15) is 8.42 Å². The Bertz CT molecular complexity index is 1150. The summed E-state index contributed by atoms with van der Waals surface area (Å²) >= 11 is 0. The normalized spacial score (nSPS) is 11.5. The van der Waals surface area contributed by atoms with Crippen LogP contribution < -0.4 is 4.72 Å². The minimum atomic E-state index is -3.69. The zero-order chi connectivity index (χ0) is 18.0. The van der Waals surface area contributed by atoms with Crippen molar-refractivity contribution in [3.8, 4) is 0 Å². The Morgan fingerprint density at radius 2 is 1.65 bits per heavy atom. The van der Waals surface area contributed by atoms with E-state index in [-0.39, 0.29) is 4.90 Å². The van der Waals surface area contributed by atoms with Crippen molar-refractivity contribution in [3.05, 3.63) is 90.8 Å². The van der Waals surface area contributed by atoms with E-state index in [0.29, 0.717) is 12.2 Å². The van der Waals surface area contributed by atoms with Gasteiger partial charge in [-0.05, 0) is 40.6 Å². The molecule has 3 aromatic carbocycles. The highest BCUT2D eigenvalue weighted by atomic mass is 32.2. The molecule has 0 aliphatic rings. The first-order valence-electron chi connectivity index (χ1n) is 8.19. The molecule has 4 rings (SSSR count). The zero-order valence-electron chi connectivity index (χ0n) is 13.9. The predicted octanol–water partition coefficient (Wildman–Crippen LogP) is 3.89. The van der Waals surface area contributed by atoms with Crippen LogP contribution in [-0.2, 0) is 16.6 Å². The molecule has 0 saturated carbocycles. The number of hydrogen-bond acceptors (Lipinski definition) is 3. The van der Waals surface area contributed by atoms with Crippen LogP contribution in [0.25, 0.3) is 10.8 Å². The molecule has 0 aliphatic heterocycles. The molecule has 0 saturated heterocycles. The zero-order valence-corrected chi connectivity index (χ0v) is 14.7. The Morgan fingerprint density at radius 3 is 2.46 bits per heavy atom. The fourth-order valence-electron chi connectivity index (χ4n) is 2.86. The van der Waals surface area contributed by atoms with Gasteiger partial charge >= 0.3 is 0 Å². The molecule has 5 nitrogen and oxygen atoms in total. The van der Waals surface area contributed by atoms with Crippen LogP contribution in [0.2, 0.25) is 0 Å². The molecule has 0 aliphatic carbocycles. The van der Waals surface area contributed by atoms with Crippen molar-refractivity contribution in [1.29, 1.82) is 0 Å². The summed E-state index contributed by atoms with van der Waals surface area (Å²) in [4.78, 5) is 0.241. The second-order valence-electron chi connectivity index (χ2n) is 5.98. The van der Waals surface area contributed by atoms with Crippen molar-refractivity contribution in [1.82, 2.24) is 9.78 Å². The third-order valence-corrected chi connectivity index (χ3v) is 5.55. The Hall–Kier alpha value is -3.12. The number of benzene rings is 3. The molecule has 26 heavy (non-hydrogen) atoms. The largest absolute Gasteiger partial charge is 0.279 e. The van der Waals surface area contributed by atoms with Gasteiger partial charge in [-0.1, -0.05) is 48.5 Å². The molecule has 130 valence electrons. The highest BCUT2D eigenvalue weighted by Crippen LogP contribution is 2.23. The summed E-state index contributed by atoms with van der Waals surface area (Å²) in [6.07, 6.45) is 3.54. The van der Waals surface area contributed by atoms with E-state index in [2.05, 4.69) is 9.82 Å². The van der Waals surface area contributed by atoms with Crippen LogP contribution in [0.15, 0.2) is 90.1 Å². The van der Waals surface area contributed by atoms with Gasteiger partial charge in [0.25, 0.3) is 10.0 Å². The van der Waals surface area contributed by atoms with Crippen LogP contribution in [0.1, 0.15) is 5.56 Å². The molecule has 0 radical (unpaired) electrons. The van der Waals surface area contributed by atoms with Crippen molar-refractivity contribution in [2.45, 2.75) is 11.4 Å². The number of hydrogen-bond donors (Lipinski definition) is 1. The van der Waals surface area contributed by atoms with Gasteiger partial charge in [0.1, 0.15) is 0 Å². The van der Waals surface area contributed by atoms with E-state index in [1.54, 1.807) is 29.1 Å². The minimum absolute atomic E-state index is 0.241. The molecule has 1 heterocycles. The van der Waals surface area contributed by atoms with Gasteiger partial charge in [0.2, 0.25) is 0 Å². The van der Waals surface area contributed by atoms with Gasteiger partial charge < -0.3 is 0 Å². The van der Waals surface area contributed by atoms with E-state index in [1.165, 1.54) is 0 Å². The standard InChI is InChI=1S/C20H17N3O2S/c24-26(25,19-11-10-16-6-1-2-7-17(16)14-19)22-20-9-4-3-8-18(20)15-23-13-5-12-21-23/h1-14,22H,15H2.